The molecule has 0 bridgehead atoms. The molecule has 0 heterocycles. The van der Waals surface area contributed by atoms with Crippen molar-refractivity contribution >= 4 is 11.6 Å². The maximum Gasteiger partial charge on any atom is 0.0682 e. The van der Waals surface area contributed by atoms with E-state index in [-0.39, 0.29) is 6.61 Å². The van der Waals surface area contributed by atoms with Crippen LogP contribution in [0, 0.1) is 5.92 Å². The number of aliphatic hydroxyl groups excluding tert-OH is 1. The average molecular weight is 196 g/mol. The second kappa shape index (κ2) is 4.45. The Balaban J connectivity index is 3.07. The van der Waals surface area contributed by atoms with Crippen LogP contribution in [0.3, 0.4) is 0 Å². The molecule has 1 N–H and O–H groups in total. The molecule has 1 nitrogen and oxygen atoms in total. The van der Waals surface area contributed by atoms with Crippen LogP contribution in [0.15, 0.2) is 30.9 Å². The first-order valence-electron chi connectivity index (χ1n) is 4.04. The van der Waals surface area contributed by atoms with Crippen LogP contribution in [0.5, 0.6) is 0 Å². The lowest BCUT2D eigenvalue weighted by molar-refractivity contribution is 0.282. The normalized spacial score (nSPS) is 10.5. The quantitative estimate of drug-likeness (QED) is 0.787. The monoisotopic (exact) mass is 195 g/mol. The van der Waals surface area contributed by atoms with Crippen molar-refractivity contribution in [2.75, 3.05) is 0 Å². The van der Waals surface area contributed by atoms with E-state index < -0.39 is 0 Å². The van der Waals surface area contributed by atoms with Crippen LogP contribution in [0.4, 0.5) is 0 Å². The number of rotatable bonds is 3. The van der Waals surface area contributed by atoms with E-state index >= 15 is 0 Å². The van der Waals surface area contributed by atoms with Gasteiger partial charge in [0, 0.05) is 10.9 Å². The Morgan fingerprint density at radius 2 is 2.23 bits per heavy atom. The predicted molar refractivity (Wildman–Crippen MR) is 55.6 cm³/mol. The van der Waals surface area contributed by atoms with Crippen molar-refractivity contribution in [1.82, 2.24) is 0 Å². The standard InChI is InChI=1S/C11H12ClO/c1-3-8(2)10-4-9(7-13)5-11(12)6-10/h3-6,13H,1,7H2,2H3. The predicted octanol–water partition coefficient (Wildman–Crippen LogP) is 2.96. The molecule has 0 fully saturated rings. The lowest BCUT2D eigenvalue weighted by Crippen LogP contribution is -1.92. The number of hydrogen-bond acceptors (Lipinski definition) is 1. The fourth-order valence-corrected chi connectivity index (χ4v) is 1.34. The molecule has 0 unspecified atom stereocenters. The lowest BCUT2D eigenvalue weighted by Gasteiger charge is -2.07. The second-order valence-electron chi connectivity index (χ2n) is 2.89. The van der Waals surface area contributed by atoms with Gasteiger partial charge in [-0.05, 0) is 23.3 Å². The Labute approximate surface area is 83.7 Å². The molecule has 0 atom stereocenters. The molecule has 0 saturated heterocycles. The van der Waals surface area contributed by atoms with Crippen LogP contribution >= 0.6 is 11.6 Å². The molecule has 1 aromatic carbocycles. The highest BCUT2D eigenvalue weighted by molar-refractivity contribution is 6.30. The van der Waals surface area contributed by atoms with Crippen molar-refractivity contribution in [3.63, 3.8) is 0 Å². The van der Waals surface area contributed by atoms with Gasteiger partial charge in [0.15, 0.2) is 0 Å². The minimum Gasteiger partial charge on any atom is -0.392 e. The van der Waals surface area contributed by atoms with Crippen molar-refractivity contribution in [3.05, 3.63) is 52.9 Å². The Morgan fingerprint density at radius 1 is 1.54 bits per heavy atom. The average Bonchev–Trinajstić information content (AvgIpc) is 2.15. The third kappa shape index (κ3) is 2.58. The summed E-state index contributed by atoms with van der Waals surface area (Å²) in [5.41, 5.74) is 1.83. The van der Waals surface area contributed by atoms with Crippen molar-refractivity contribution in [2.24, 2.45) is 0 Å². The summed E-state index contributed by atoms with van der Waals surface area (Å²) in [4.78, 5) is 0. The molecule has 0 aliphatic rings. The second-order valence-corrected chi connectivity index (χ2v) is 3.33. The summed E-state index contributed by atoms with van der Waals surface area (Å²) in [6.45, 7) is 5.65. The fraction of sp³-hybridized carbons (Fsp3) is 0.182. The van der Waals surface area contributed by atoms with Gasteiger partial charge in [0.2, 0.25) is 0 Å². The number of benzene rings is 1. The van der Waals surface area contributed by atoms with Gasteiger partial charge in [-0.1, -0.05) is 30.7 Å². The number of hydrogen-bond donors (Lipinski definition) is 1. The van der Waals surface area contributed by atoms with Crippen molar-refractivity contribution < 1.29 is 5.11 Å². The van der Waals surface area contributed by atoms with E-state index in [4.69, 9.17) is 16.7 Å². The zero-order valence-corrected chi connectivity index (χ0v) is 8.30. The largest absolute Gasteiger partial charge is 0.392 e. The molecule has 0 saturated carbocycles. The summed E-state index contributed by atoms with van der Waals surface area (Å²) in [6, 6.07) is 5.52. The first-order chi connectivity index (χ1) is 6.17. The Hall–Kier alpha value is -0.790. The third-order valence-electron chi connectivity index (χ3n) is 1.90. The summed E-state index contributed by atoms with van der Waals surface area (Å²) < 4.78 is 0. The molecular formula is C11H12ClO. The van der Waals surface area contributed by atoms with Crippen molar-refractivity contribution in [1.29, 1.82) is 0 Å². The molecule has 69 valence electrons. The van der Waals surface area contributed by atoms with Crippen LogP contribution in [0.2, 0.25) is 5.02 Å². The van der Waals surface area contributed by atoms with E-state index in [1.54, 1.807) is 12.1 Å². The van der Waals surface area contributed by atoms with Crippen LogP contribution in [-0.4, -0.2) is 5.11 Å². The number of halogens is 1. The highest BCUT2D eigenvalue weighted by Crippen LogP contribution is 2.21. The Kier molecular flexibility index (Phi) is 3.52. The van der Waals surface area contributed by atoms with Gasteiger partial charge in [-0.15, -0.1) is 6.58 Å². The molecule has 1 radical (unpaired) electrons. The van der Waals surface area contributed by atoms with E-state index in [0.717, 1.165) is 17.0 Å². The molecule has 13 heavy (non-hydrogen) atoms. The van der Waals surface area contributed by atoms with E-state index in [2.05, 4.69) is 6.58 Å². The Bertz CT molecular complexity index is 307. The maximum atomic E-state index is 8.95. The van der Waals surface area contributed by atoms with Gasteiger partial charge >= 0.3 is 0 Å². The lowest BCUT2D eigenvalue weighted by atomic mass is 9.99. The van der Waals surface area contributed by atoms with Gasteiger partial charge in [-0.25, -0.2) is 0 Å². The summed E-state index contributed by atoms with van der Waals surface area (Å²) in [5, 5.41) is 9.59. The van der Waals surface area contributed by atoms with Gasteiger partial charge in [-0.3, -0.25) is 0 Å². The summed E-state index contributed by atoms with van der Waals surface area (Å²) in [6.07, 6.45) is 1.77. The minimum atomic E-state index is 0.0119. The van der Waals surface area contributed by atoms with Crippen LogP contribution in [-0.2, 0) is 6.61 Å². The highest BCUT2D eigenvalue weighted by Gasteiger charge is 2.04. The molecular weight excluding hydrogens is 184 g/mol. The van der Waals surface area contributed by atoms with E-state index in [1.807, 2.05) is 19.1 Å². The van der Waals surface area contributed by atoms with Crippen molar-refractivity contribution in [2.45, 2.75) is 13.5 Å². The molecule has 0 aliphatic heterocycles. The van der Waals surface area contributed by atoms with Gasteiger partial charge in [-0.2, -0.15) is 0 Å². The highest BCUT2D eigenvalue weighted by atomic mass is 35.5. The zero-order chi connectivity index (χ0) is 9.84. The molecule has 0 aromatic heterocycles. The van der Waals surface area contributed by atoms with Gasteiger partial charge in [0.05, 0.1) is 6.61 Å². The fourth-order valence-electron chi connectivity index (χ4n) is 1.09. The van der Waals surface area contributed by atoms with Crippen molar-refractivity contribution in [3.8, 4) is 0 Å². The molecule has 2 heteroatoms. The first kappa shape index (κ1) is 10.3. The van der Waals surface area contributed by atoms with Gasteiger partial charge in [0.1, 0.15) is 0 Å². The van der Waals surface area contributed by atoms with Gasteiger partial charge < -0.3 is 5.11 Å². The molecule has 0 spiro atoms. The maximum absolute atomic E-state index is 8.95. The van der Waals surface area contributed by atoms with Gasteiger partial charge in [0.25, 0.3) is 0 Å². The molecule has 1 aromatic rings. The van der Waals surface area contributed by atoms with Crippen LogP contribution in [0.25, 0.3) is 0 Å². The van der Waals surface area contributed by atoms with Crippen LogP contribution < -0.4 is 0 Å². The molecule has 0 amide bonds. The molecule has 0 aliphatic carbocycles. The topological polar surface area (TPSA) is 20.2 Å². The van der Waals surface area contributed by atoms with E-state index in [0.29, 0.717) is 5.02 Å². The minimum absolute atomic E-state index is 0.0119. The first-order valence-corrected chi connectivity index (χ1v) is 4.42. The summed E-state index contributed by atoms with van der Waals surface area (Å²) >= 11 is 5.87. The number of aliphatic hydroxyl groups is 1. The zero-order valence-electron chi connectivity index (χ0n) is 7.55. The SMILES string of the molecule is C=C[C](C)c1cc(Cl)cc(CO)c1. The summed E-state index contributed by atoms with van der Waals surface area (Å²) in [7, 11) is 0. The van der Waals surface area contributed by atoms with E-state index in [1.165, 1.54) is 0 Å². The summed E-state index contributed by atoms with van der Waals surface area (Å²) in [5.74, 6) is 1.05. The number of allylic oxidation sites excluding steroid dienone is 1. The smallest absolute Gasteiger partial charge is 0.0682 e. The van der Waals surface area contributed by atoms with Crippen LogP contribution in [0.1, 0.15) is 18.1 Å². The molecule has 1 rings (SSSR count). The Morgan fingerprint density at radius 3 is 2.77 bits per heavy atom. The third-order valence-corrected chi connectivity index (χ3v) is 2.12. The van der Waals surface area contributed by atoms with E-state index in [9.17, 15) is 0 Å².